The van der Waals surface area contributed by atoms with Crippen LogP contribution in [-0.2, 0) is 0 Å². The lowest BCUT2D eigenvalue weighted by molar-refractivity contribution is 0.262. The fourth-order valence-corrected chi connectivity index (χ4v) is 3.39. The largest absolute Gasteiger partial charge is 0.323 e. The fraction of sp³-hybridized carbons (Fsp3) is 0. The Morgan fingerprint density at radius 2 is 1.59 bits per heavy atom. The molecule has 0 unspecified atom stereocenters. The second-order valence-electron chi connectivity index (χ2n) is 5.78. The van der Waals surface area contributed by atoms with Crippen molar-refractivity contribution in [3.8, 4) is 22.0 Å². The van der Waals surface area contributed by atoms with Gasteiger partial charge in [0, 0.05) is 28.5 Å². The molecule has 2 N–H and O–H groups in total. The van der Waals surface area contributed by atoms with E-state index in [1.807, 2.05) is 78.2 Å². The number of rotatable bonds is 4. The van der Waals surface area contributed by atoms with Crippen molar-refractivity contribution in [1.29, 1.82) is 0 Å². The van der Waals surface area contributed by atoms with Crippen LogP contribution in [0, 0.1) is 0 Å². The Labute approximate surface area is 160 Å². The molecule has 0 radical (unpaired) electrons. The summed E-state index contributed by atoms with van der Waals surface area (Å²) in [5, 5.41) is 8.52. The highest BCUT2D eigenvalue weighted by Gasteiger charge is 2.09. The van der Waals surface area contributed by atoms with E-state index in [0.29, 0.717) is 5.69 Å². The Bertz CT molecular complexity index is 1050. The molecule has 2 aromatic carbocycles. The molecule has 2 amide bonds. The lowest BCUT2D eigenvalue weighted by Gasteiger charge is -2.08. The van der Waals surface area contributed by atoms with Crippen LogP contribution in [0.25, 0.3) is 22.0 Å². The van der Waals surface area contributed by atoms with Crippen molar-refractivity contribution >= 4 is 28.7 Å². The number of urea groups is 1. The highest BCUT2D eigenvalue weighted by molar-refractivity contribution is 7.13. The Hall–Kier alpha value is -3.51. The van der Waals surface area contributed by atoms with Crippen molar-refractivity contribution in [2.45, 2.75) is 0 Å². The number of nitrogens with one attached hydrogen (secondary N) is 2. The van der Waals surface area contributed by atoms with Crippen LogP contribution in [0.5, 0.6) is 0 Å². The maximum absolute atomic E-state index is 12.2. The third-order valence-corrected chi connectivity index (χ3v) is 4.70. The molecular formula is C21H16N4OS. The van der Waals surface area contributed by atoms with E-state index in [-0.39, 0.29) is 6.03 Å². The average Bonchev–Trinajstić information content (AvgIpc) is 3.20. The van der Waals surface area contributed by atoms with Gasteiger partial charge in [0.1, 0.15) is 5.01 Å². The van der Waals surface area contributed by atoms with Crippen molar-refractivity contribution in [3.63, 3.8) is 0 Å². The predicted octanol–water partition coefficient (Wildman–Crippen LogP) is 5.52. The first-order chi connectivity index (χ1) is 13.3. The van der Waals surface area contributed by atoms with Crippen molar-refractivity contribution in [1.82, 2.24) is 9.97 Å². The number of carbonyl (C=O) groups is 1. The smallest absolute Gasteiger partial charge is 0.308 e. The number of anilines is 2. The summed E-state index contributed by atoms with van der Waals surface area (Å²) in [4.78, 5) is 21.2. The highest BCUT2D eigenvalue weighted by Crippen LogP contribution is 2.29. The number of carbonyl (C=O) groups excluding carboxylic acids is 1. The van der Waals surface area contributed by atoms with Crippen LogP contribution < -0.4 is 10.6 Å². The Balaban J connectivity index is 1.49. The summed E-state index contributed by atoms with van der Waals surface area (Å²) in [6, 6.07) is 22.4. The maximum atomic E-state index is 12.2. The molecule has 5 nitrogen and oxygen atoms in total. The molecule has 27 heavy (non-hydrogen) atoms. The molecule has 2 aromatic heterocycles. The van der Waals surface area contributed by atoms with Crippen molar-refractivity contribution in [2.75, 3.05) is 10.6 Å². The van der Waals surface area contributed by atoms with Crippen LogP contribution in [0.3, 0.4) is 0 Å². The Morgan fingerprint density at radius 3 is 2.41 bits per heavy atom. The molecular weight excluding hydrogens is 356 g/mol. The molecule has 6 heteroatoms. The zero-order chi connectivity index (χ0) is 18.5. The quantitative estimate of drug-likeness (QED) is 0.496. The molecule has 0 aliphatic carbocycles. The second-order valence-corrected chi connectivity index (χ2v) is 6.64. The molecule has 0 saturated carbocycles. The van der Waals surface area contributed by atoms with Crippen molar-refractivity contribution < 1.29 is 4.79 Å². The molecule has 0 fully saturated rings. The van der Waals surface area contributed by atoms with E-state index >= 15 is 0 Å². The molecule has 132 valence electrons. The molecule has 0 aliphatic rings. The van der Waals surface area contributed by atoms with E-state index < -0.39 is 0 Å². The van der Waals surface area contributed by atoms with E-state index in [1.54, 1.807) is 17.5 Å². The van der Waals surface area contributed by atoms with E-state index in [1.165, 1.54) is 0 Å². The lowest BCUT2D eigenvalue weighted by Crippen LogP contribution is -2.19. The summed E-state index contributed by atoms with van der Waals surface area (Å²) in [6.45, 7) is 0. The molecule has 0 aliphatic heterocycles. The van der Waals surface area contributed by atoms with Crippen molar-refractivity contribution in [2.24, 2.45) is 0 Å². The number of nitrogens with zero attached hydrogens (tertiary/aromatic N) is 2. The summed E-state index contributed by atoms with van der Waals surface area (Å²) in [5.41, 5.74) is 4.09. The normalized spacial score (nSPS) is 10.4. The van der Waals surface area contributed by atoms with Crippen molar-refractivity contribution in [3.05, 3.63) is 84.4 Å². The molecule has 4 rings (SSSR count). The standard InChI is InChI=1S/C21H16N4OS/c26-21(23-16-8-2-1-3-9-16)24-17-10-6-7-15(13-17)19-14-27-20(25-19)18-11-4-5-12-22-18/h1-14H,(H2,23,24,26). The summed E-state index contributed by atoms with van der Waals surface area (Å²) in [7, 11) is 0. The number of benzene rings is 2. The number of para-hydroxylation sites is 1. The average molecular weight is 372 g/mol. The summed E-state index contributed by atoms with van der Waals surface area (Å²) in [6.07, 6.45) is 1.76. The van der Waals surface area contributed by atoms with Gasteiger partial charge in [0.2, 0.25) is 0 Å². The lowest BCUT2D eigenvalue weighted by atomic mass is 10.1. The van der Waals surface area contributed by atoms with E-state index in [4.69, 9.17) is 0 Å². The zero-order valence-electron chi connectivity index (χ0n) is 14.3. The molecule has 0 atom stereocenters. The maximum Gasteiger partial charge on any atom is 0.323 e. The minimum Gasteiger partial charge on any atom is -0.308 e. The number of thiazole rings is 1. The molecule has 0 spiro atoms. The van der Waals surface area contributed by atoms with E-state index in [2.05, 4.69) is 20.6 Å². The SMILES string of the molecule is O=C(Nc1ccccc1)Nc1cccc(-c2csc(-c3ccccn3)n2)c1. The van der Waals surface area contributed by atoms with Gasteiger partial charge in [-0.05, 0) is 36.4 Å². The minimum atomic E-state index is -0.286. The summed E-state index contributed by atoms with van der Waals surface area (Å²) < 4.78 is 0. The monoisotopic (exact) mass is 372 g/mol. The third kappa shape index (κ3) is 4.19. The Morgan fingerprint density at radius 1 is 0.815 bits per heavy atom. The number of hydrogen-bond acceptors (Lipinski definition) is 4. The molecule has 2 heterocycles. The first-order valence-electron chi connectivity index (χ1n) is 8.38. The third-order valence-electron chi connectivity index (χ3n) is 3.84. The van der Waals surface area contributed by atoms with Gasteiger partial charge in [0.15, 0.2) is 0 Å². The second kappa shape index (κ2) is 7.80. The fourth-order valence-electron chi connectivity index (χ4n) is 2.58. The van der Waals surface area contributed by atoms with E-state index in [9.17, 15) is 4.79 Å². The minimum absolute atomic E-state index is 0.286. The topological polar surface area (TPSA) is 66.9 Å². The van der Waals surface area contributed by atoms with Gasteiger partial charge in [-0.1, -0.05) is 36.4 Å². The van der Waals surface area contributed by atoms with Gasteiger partial charge >= 0.3 is 6.03 Å². The molecule has 0 bridgehead atoms. The van der Waals surface area contributed by atoms with Gasteiger partial charge in [-0.3, -0.25) is 4.98 Å². The van der Waals surface area contributed by atoms with Gasteiger partial charge in [-0.25, -0.2) is 9.78 Å². The van der Waals surface area contributed by atoms with Crippen LogP contribution in [0.4, 0.5) is 16.2 Å². The van der Waals surface area contributed by atoms with Crippen LogP contribution in [0.2, 0.25) is 0 Å². The predicted molar refractivity (Wildman–Crippen MR) is 110 cm³/mol. The molecule has 4 aromatic rings. The van der Waals surface area contributed by atoms with Crippen LogP contribution >= 0.6 is 11.3 Å². The zero-order valence-corrected chi connectivity index (χ0v) is 15.1. The molecule has 0 saturated heterocycles. The van der Waals surface area contributed by atoms with Gasteiger partial charge in [-0.15, -0.1) is 11.3 Å². The summed E-state index contributed by atoms with van der Waals surface area (Å²) in [5.74, 6) is 0. The number of pyridine rings is 1. The number of amides is 2. The number of aromatic nitrogens is 2. The highest BCUT2D eigenvalue weighted by atomic mass is 32.1. The number of hydrogen-bond donors (Lipinski definition) is 2. The van der Waals surface area contributed by atoms with Crippen LogP contribution in [0.15, 0.2) is 84.4 Å². The van der Waals surface area contributed by atoms with Gasteiger partial charge < -0.3 is 10.6 Å². The van der Waals surface area contributed by atoms with Gasteiger partial charge in [0.25, 0.3) is 0 Å². The Kier molecular flexibility index (Phi) is 4.89. The van der Waals surface area contributed by atoms with Crippen LogP contribution in [-0.4, -0.2) is 16.0 Å². The first-order valence-corrected chi connectivity index (χ1v) is 9.26. The van der Waals surface area contributed by atoms with Gasteiger partial charge in [0.05, 0.1) is 11.4 Å². The van der Waals surface area contributed by atoms with Gasteiger partial charge in [-0.2, -0.15) is 0 Å². The first kappa shape index (κ1) is 16.9. The summed E-state index contributed by atoms with van der Waals surface area (Å²) >= 11 is 1.55. The van der Waals surface area contributed by atoms with Crippen LogP contribution in [0.1, 0.15) is 0 Å². The van der Waals surface area contributed by atoms with E-state index in [0.717, 1.165) is 27.6 Å².